The molecule has 1 N–H and O–H groups in total. The van der Waals surface area contributed by atoms with E-state index in [9.17, 15) is 4.79 Å². The van der Waals surface area contributed by atoms with Gasteiger partial charge in [-0.15, -0.1) is 11.3 Å². The highest BCUT2D eigenvalue weighted by molar-refractivity contribution is 7.80. The summed E-state index contributed by atoms with van der Waals surface area (Å²) in [4.78, 5) is 14.8. The van der Waals surface area contributed by atoms with Crippen LogP contribution in [0.2, 0.25) is 0 Å². The largest absolute Gasteiger partial charge is 0.319 e. The van der Waals surface area contributed by atoms with E-state index in [-0.39, 0.29) is 5.91 Å². The predicted molar refractivity (Wildman–Crippen MR) is 93.6 cm³/mol. The zero-order chi connectivity index (χ0) is 15.1. The third kappa shape index (κ3) is 4.51. The summed E-state index contributed by atoms with van der Waals surface area (Å²) < 4.78 is 0. The lowest BCUT2D eigenvalue weighted by Gasteiger charge is -2.23. The molecule has 1 amide bonds. The van der Waals surface area contributed by atoms with Gasteiger partial charge in [-0.1, -0.05) is 24.3 Å². The molecular formula is C16H16N2OS2. The zero-order valence-electron chi connectivity index (χ0n) is 11.7. The van der Waals surface area contributed by atoms with Crippen LogP contribution >= 0.6 is 23.6 Å². The number of rotatable bonds is 4. The molecule has 0 aliphatic heterocycles. The highest BCUT2D eigenvalue weighted by Crippen LogP contribution is 2.13. The number of benzene rings is 1. The molecule has 0 spiro atoms. The molecule has 2 aromatic rings. The number of para-hydroxylation sites is 1. The molecule has 108 valence electrons. The number of anilines is 1. The molecule has 0 fully saturated rings. The molecule has 0 aliphatic carbocycles. The third-order valence-electron chi connectivity index (χ3n) is 2.80. The van der Waals surface area contributed by atoms with Crippen LogP contribution in [0.5, 0.6) is 0 Å². The topological polar surface area (TPSA) is 32.3 Å². The number of nitrogens with one attached hydrogen (secondary N) is 1. The Balaban J connectivity index is 1.98. The number of hydrogen-bond acceptors (Lipinski definition) is 3. The number of carbonyl (C=O) groups is 1. The van der Waals surface area contributed by atoms with Crippen molar-refractivity contribution in [1.29, 1.82) is 0 Å². The molecule has 0 unspecified atom stereocenters. The number of amides is 1. The molecule has 2 rings (SSSR count). The highest BCUT2D eigenvalue weighted by atomic mass is 32.1. The van der Waals surface area contributed by atoms with Gasteiger partial charge < -0.3 is 4.90 Å². The van der Waals surface area contributed by atoms with Gasteiger partial charge in [-0.25, -0.2) is 0 Å². The lowest BCUT2D eigenvalue weighted by molar-refractivity contribution is -0.115. The van der Waals surface area contributed by atoms with E-state index in [4.69, 9.17) is 12.2 Å². The number of carbonyl (C=O) groups excluding carboxylic acids is 1. The number of thiophene rings is 1. The average molecular weight is 316 g/mol. The summed E-state index contributed by atoms with van der Waals surface area (Å²) in [6.45, 7) is 2.69. The second kappa shape index (κ2) is 7.71. The van der Waals surface area contributed by atoms with E-state index in [1.54, 1.807) is 17.4 Å². The van der Waals surface area contributed by atoms with Crippen molar-refractivity contribution in [3.63, 3.8) is 0 Å². The summed E-state index contributed by atoms with van der Waals surface area (Å²) in [5.41, 5.74) is 0.965. The minimum Gasteiger partial charge on any atom is -0.319 e. The van der Waals surface area contributed by atoms with Crippen molar-refractivity contribution >= 4 is 46.3 Å². The minimum atomic E-state index is -0.220. The van der Waals surface area contributed by atoms with Gasteiger partial charge in [0.25, 0.3) is 0 Å². The highest BCUT2D eigenvalue weighted by Gasteiger charge is 2.11. The molecule has 3 nitrogen and oxygen atoms in total. The Bertz CT molecular complexity index is 621. The maximum atomic E-state index is 11.9. The van der Waals surface area contributed by atoms with Gasteiger partial charge in [0.1, 0.15) is 0 Å². The average Bonchev–Trinajstić information content (AvgIpc) is 3.00. The van der Waals surface area contributed by atoms with Gasteiger partial charge in [0.2, 0.25) is 5.91 Å². The zero-order valence-corrected chi connectivity index (χ0v) is 13.3. The first kappa shape index (κ1) is 15.4. The molecule has 0 saturated heterocycles. The molecule has 1 aromatic carbocycles. The summed E-state index contributed by atoms with van der Waals surface area (Å²) in [7, 11) is 0. The van der Waals surface area contributed by atoms with Crippen LogP contribution in [0.1, 0.15) is 11.8 Å². The molecule has 0 saturated carbocycles. The van der Waals surface area contributed by atoms with E-state index >= 15 is 0 Å². The van der Waals surface area contributed by atoms with Crippen molar-refractivity contribution in [3.8, 4) is 0 Å². The van der Waals surface area contributed by atoms with E-state index in [0.29, 0.717) is 11.7 Å². The van der Waals surface area contributed by atoms with E-state index in [2.05, 4.69) is 5.32 Å². The van der Waals surface area contributed by atoms with E-state index < -0.39 is 0 Å². The summed E-state index contributed by atoms with van der Waals surface area (Å²) in [6.07, 6.45) is 3.28. The smallest absolute Gasteiger partial charge is 0.250 e. The van der Waals surface area contributed by atoms with Crippen LogP contribution in [0.4, 0.5) is 5.69 Å². The maximum Gasteiger partial charge on any atom is 0.250 e. The molecule has 0 bridgehead atoms. The molecule has 1 aromatic heterocycles. The molecule has 0 aliphatic rings. The van der Waals surface area contributed by atoms with Crippen LogP contribution < -0.4 is 10.2 Å². The third-order valence-corrected chi connectivity index (χ3v) is 3.96. The molecule has 0 radical (unpaired) electrons. The van der Waals surface area contributed by atoms with E-state index in [1.807, 2.05) is 59.7 Å². The molecule has 21 heavy (non-hydrogen) atoms. The normalized spacial score (nSPS) is 10.5. The van der Waals surface area contributed by atoms with Crippen LogP contribution in [0.15, 0.2) is 53.9 Å². The summed E-state index contributed by atoms with van der Waals surface area (Å²) in [6, 6.07) is 13.7. The molecule has 0 atom stereocenters. The SMILES string of the molecule is CCN(C(=S)NC(=O)C=Cc1cccs1)c1ccccc1. The fourth-order valence-electron chi connectivity index (χ4n) is 1.81. The second-order valence-corrected chi connectivity index (χ2v) is 5.59. The van der Waals surface area contributed by atoms with Gasteiger partial charge in [-0.05, 0) is 48.8 Å². The molecule has 1 heterocycles. The van der Waals surface area contributed by atoms with Crippen LogP contribution in [-0.2, 0) is 4.79 Å². The lowest BCUT2D eigenvalue weighted by atomic mass is 10.3. The summed E-state index contributed by atoms with van der Waals surface area (Å²) in [5.74, 6) is -0.220. The van der Waals surface area contributed by atoms with Gasteiger partial charge in [0, 0.05) is 23.2 Å². The molecule has 5 heteroatoms. The van der Waals surface area contributed by atoms with Crippen LogP contribution in [-0.4, -0.2) is 17.6 Å². The summed E-state index contributed by atoms with van der Waals surface area (Å²) >= 11 is 6.89. The Hall–Kier alpha value is -1.98. The Labute approximate surface area is 133 Å². The van der Waals surface area contributed by atoms with Crippen molar-refractivity contribution in [3.05, 3.63) is 58.8 Å². The lowest BCUT2D eigenvalue weighted by Crippen LogP contribution is -2.42. The predicted octanol–water partition coefficient (Wildman–Crippen LogP) is 3.69. The maximum absolute atomic E-state index is 11.9. The van der Waals surface area contributed by atoms with Crippen LogP contribution in [0.25, 0.3) is 6.08 Å². The van der Waals surface area contributed by atoms with Gasteiger partial charge in [0.05, 0.1) is 0 Å². The number of thiocarbonyl (C=S) groups is 1. The van der Waals surface area contributed by atoms with Crippen LogP contribution in [0, 0.1) is 0 Å². The van der Waals surface area contributed by atoms with Gasteiger partial charge in [0.15, 0.2) is 5.11 Å². The standard InChI is InChI=1S/C16H16N2OS2/c1-2-18(13-7-4-3-5-8-13)16(20)17-15(19)11-10-14-9-6-12-21-14/h3-12H,2H2,1H3,(H,17,19,20). The molecular weight excluding hydrogens is 300 g/mol. The quantitative estimate of drug-likeness (QED) is 0.690. The van der Waals surface area contributed by atoms with Gasteiger partial charge in [-0.2, -0.15) is 0 Å². The van der Waals surface area contributed by atoms with E-state index in [1.165, 1.54) is 6.08 Å². The fraction of sp³-hybridized carbons (Fsp3) is 0.125. The first-order valence-corrected chi connectivity index (χ1v) is 7.88. The van der Waals surface area contributed by atoms with Crippen molar-refractivity contribution in [1.82, 2.24) is 5.32 Å². The second-order valence-electron chi connectivity index (χ2n) is 4.22. The minimum absolute atomic E-state index is 0.220. The van der Waals surface area contributed by atoms with Crippen molar-refractivity contribution < 1.29 is 4.79 Å². The van der Waals surface area contributed by atoms with E-state index in [0.717, 1.165) is 10.6 Å². The monoisotopic (exact) mass is 316 g/mol. The van der Waals surface area contributed by atoms with Crippen molar-refractivity contribution in [2.75, 3.05) is 11.4 Å². The first-order chi connectivity index (χ1) is 10.2. The Kier molecular flexibility index (Phi) is 5.66. The van der Waals surface area contributed by atoms with Crippen molar-refractivity contribution in [2.24, 2.45) is 0 Å². The Morgan fingerprint density at radius 3 is 2.67 bits per heavy atom. The first-order valence-electron chi connectivity index (χ1n) is 6.60. The van der Waals surface area contributed by atoms with Gasteiger partial charge >= 0.3 is 0 Å². The van der Waals surface area contributed by atoms with Crippen LogP contribution in [0.3, 0.4) is 0 Å². The fourth-order valence-corrected chi connectivity index (χ4v) is 2.76. The Morgan fingerprint density at radius 2 is 2.05 bits per heavy atom. The van der Waals surface area contributed by atoms with Gasteiger partial charge in [-0.3, -0.25) is 10.1 Å². The number of hydrogen-bond donors (Lipinski definition) is 1. The number of nitrogens with zero attached hydrogens (tertiary/aromatic N) is 1. The van der Waals surface area contributed by atoms with Crippen molar-refractivity contribution in [2.45, 2.75) is 6.92 Å². The summed E-state index contributed by atoms with van der Waals surface area (Å²) in [5, 5.41) is 5.10. The Morgan fingerprint density at radius 1 is 1.29 bits per heavy atom.